The highest BCUT2D eigenvalue weighted by Gasteiger charge is 2.36. The molecule has 7 nitrogen and oxygen atoms in total. The molecule has 1 aliphatic rings. The van der Waals surface area contributed by atoms with E-state index in [9.17, 15) is 4.79 Å². The van der Waals surface area contributed by atoms with Crippen molar-refractivity contribution in [1.82, 2.24) is 15.1 Å². The summed E-state index contributed by atoms with van der Waals surface area (Å²) in [5.74, 6) is 0.708. The Kier molecular flexibility index (Phi) is 4.06. The number of nitrogens with two attached hydrogens (primary N) is 1. The van der Waals surface area contributed by atoms with Crippen LogP contribution in [0.4, 0.5) is 5.69 Å². The van der Waals surface area contributed by atoms with E-state index >= 15 is 0 Å². The summed E-state index contributed by atoms with van der Waals surface area (Å²) in [6.07, 6.45) is 7.04. The highest BCUT2D eigenvalue weighted by molar-refractivity contribution is 7.14. The van der Waals surface area contributed by atoms with Crippen LogP contribution < -0.4 is 11.1 Å². The zero-order chi connectivity index (χ0) is 17.3. The molecule has 3 N–H and O–H groups in total. The molecule has 1 amide bonds. The summed E-state index contributed by atoms with van der Waals surface area (Å²) in [5, 5.41) is 8.83. The summed E-state index contributed by atoms with van der Waals surface area (Å²) in [6.45, 7) is 0. The number of thiophene rings is 1. The molecule has 0 spiro atoms. The first-order valence-electron chi connectivity index (χ1n) is 8.08. The number of carbonyl (C=O) groups is 1. The quantitative estimate of drug-likeness (QED) is 0.744. The maximum absolute atomic E-state index is 12.3. The lowest BCUT2D eigenvalue weighted by Crippen LogP contribution is -2.34. The van der Waals surface area contributed by atoms with Crippen LogP contribution in [0.1, 0.15) is 41.9 Å². The van der Waals surface area contributed by atoms with Gasteiger partial charge in [0.25, 0.3) is 11.8 Å². The second kappa shape index (κ2) is 6.38. The summed E-state index contributed by atoms with van der Waals surface area (Å²) >= 11 is 1.43. The molecule has 8 heteroatoms. The van der Waals surface area contributed by atoms with Gasteiger partial charge in [0, 0.05) is 18.0 Å². The largest absolute Gasteiger partial charge is 0.333 e. The van der Waals surface area contributed by atoms with E-state index in [1.165, 1.54) is 11.3 Å². The van der Waals surface area contributed by atoms with Crippen molar-refractivity contribution in [2.45, 2.75) is 31.2 Å². The van der Waals surface area contributed by atoms with Crippen molar-refractivity contribution in [2.75, 3.05) is 5.32 Å². The third kappa shape index (κ3) is 3.06. The van der Waals surface area contributed by atoms with Gasteiger partial charge in [0.05, 0.1) is 11.2 Å². The van der Waals surface area contributed by atoms with Crippen LogP contribution in [0.25, 0.3) is 10.8 Å². The molecule has 3 aromatic rings. The van der Waals surface area contributed by atoms with Crippen molar-refractivity contribution in [3.63, 3.8) is 0 Å². The minimum absolute atomic E-state index is 0.215. The van der Waals surface area contributed by atoms with E-state index in [4.69, 9.17) is 10.3 Å². The molecule has 1 saturated carbocycles. The molecule has 0 bridgehead atoms. The lowest BCUT2D eigenvalue weighted by atomic mass is 9.99. The first kappa shape index (κ1) is 15.9. The standard InChI is InChI=1S/C17H17N5O2S/c18-17(6-1-2-7-17)16-21-15(24-22-16)13-12(5-10-25-13)20-14(23)11-3-8-19-9-4-11/h3-5,8-10H,1-2,6-7,18H2,(H,20,23). The predicted octanol–water partition coefficient (Wildman–Crippen LogP) is 3.17. The number of hydrogen-bond donors (Lipinski definition) is 2. The number of rotatable bonds is 4. The molecule has 1 aliphatic carbocycles. The van der Waals surface area contributed by atoms with Crippen LogP contribution in [0.15, 0.2) is 40.5 Å². The van der Waals surface area contributed by atoms with Crippen LogP contribution in [0.3, 0.4) is 0 Å². The highest BCUT2D eigenvalue weighted by Crippen LogP contribution is 2.38. The third-order valence-electron chi connectivity index (χ3n) is 4.42. The van der Waals surface area contributed by atoms with E-state index < -0.39 is 5.54 Å². The number of carbonyl (C=O) groups excluding carboxylic acids is 1. The van der Waals surface area contributed by atoms with Crippen molar-refractivity contribution >= 4 is 22.9 Å². The number of anilines is 1. The van der Waals surface area contributed by atoms with Crippen molar-refractivity contribution in [3.05, 3.63) is 47.4 Å². The van der Waals surface area contributed by atoms with Crippen molar-refractivity contribution in [3.8, 4) is 10.8 Å². The molecule has 128 valence electrons. The lowest BCUT2D eigenvalue weighted by Gasteiger charge is -2.17. The van der Waals surface area contributed by atoms with Gasteiger partial charge in [-0.2, -0.15) is 4.98 Å². The van der Waals surface area contributed by atoms with Gasteiger partial charge in [0.1, 0.15) is 4.88 Å². The van der Waals surface area contributed by atoms with Gasteiger partial charge < -0.3 is 15.6 Å². The average Bonchev–Trinajstić information content (AvgIpc) is 3.36. The van der Waals surface area contributed by atoms with Gasteiger partial charge in [0.15, 0.2) is 5.82 Å². The number of hydrogen-bond acceptors (Lipinski definition) is 7. The molecule has 0 unspecified atom stereocenters. The van der Waals surface area contributed by atoms with Gasteiger partial charge in [-0.1, -0.05) is 18.0 Å². The van der Waals surface area contributed by atoms with Gasteiger partial charge >= 0.3 is 0 Å². The van der Waals surface area contributed by atoms with Gasteiger partial charge in [-0.25, -0.2) is 0 Å². The number of nitrogens with zero attached hydrogens (tertiary/aromatic N) is 3. The van der Waals surface area contributed by atoms with Crippen LogP contribution in [0.2, 0.25) is 0 Å². The molecule has 0 aromatic carbocycles. The molecule has 0 atom stereocenters. The Morgan fingerprint density at radius 1 is 1.24 bits per heavy atom. The Bertz CT molecular complexity index is 883. The Balaban J connectivity index is 1.58. The fraction of sp³-hybridized carbons (Fsp3) is 0.294. The van der Waals surface area contributed by atoms with Gasteiger partial charge in [-0.15, -0.1) is 11.3 Å². The van der Waals surface area contributed by atoms with Crippen LogP contribution in [0, 0.1) is 0 Å². The number of pyridine rings is 1. The second-order valence-electron chi connectivity index (χ2n) is 6.14. The SMILES string of the molecule is NC1(c2noc(-c3sccc3NC(=O)c3ccncc3)n2)CCCC1. The fourth-order valence-corrected chi connectivity index (χ4v) is 3.79. The number of aromatic nitrogens is 3. The Labute approximate surface area is 148 Å². The lowest BCUT2D eigenvalue weighted by molar-refractivity contribution is 0.102. The Morgan fingerprint density at radius 2 is 2.00 bits per heavy atom. The topological polar surface area (TPSA) is 107 Å². The molecular weight excluding hydrogens is 338 g/mol. The maximum Gasteiger partial charge on any atom is 0.270 e. The van der Waals surface area contributed by atoms with E-state index in [1.54, 1.807) is 24.5 Å². The third-order valence-corrected chi connectivity index (χ3v) is 5.32. The van der Waals surface area contributed by atoms with E-state index in [0.717, 1.165) is 30.6 Å². The van der Waals surface area contributed by atoms with Crippen LogP contribution in [-0.2, 0) is 5.54 Å². The monoisotopic (exact) mass is 355 g/mol. The summed E-state index contributed by atoms with van der Waals surface area (Å²) in [6, 6.07) is 5.13. The zero-order valence-electron chi connectivity index (χ0n) is 13.4. The summed E-state index contributed by atoms with van der Waals surface area (Å²) < 4.78 is 5.42. The molecule has 4 rings (SSSR count). The van der Waals surface area contributed by atoms with E-state index in [2.05, 4.69) is 20.4 Å². The summed E-state index contributed by atoms with van der Waals surface area (Å²) in [7, 11) is 0. The van der Waals surface area contributed by atoms with Crippen molar-refractivity contribution in [2.24, 2.45) is 5.73 Å². The second-order valence-corrected chi connectivity index (χ2v) is 7.06. The minimum atomic E-state index is -0.501. The minimum Gasteiger partial charge on any atom is -0.333 e. The first-order valence-corrected chi connectivity index (χ1v) is 8.96. The molecule has 1 fully saturated rings. The van der Waals surface area contributed by atoms with Crippen LogP contribution >= 0.6 is 11.3 Å². The maximum atomic E-state index is 12.3. The number of nitrogens with one attached hydrogen (secondary N) is 1. The van der Waals surface area contributed by atoms with Gasteiger partial charge in [0.2, 0.25) is 0 Å². The van der Waals surface area contributed by atoms with Crippen LogP contribution in [0.5, 0.6) is 0 Å². The zero-order valence-corrected chi connectivity index (χ0v) is 14.3. The fourth-order valence-electron chi connectivity index (χ4n) is 3.02. The van der Waals surface area contributed by atoms with Gasteiger partial charge in [-0.3, -0.25) is 9.78 Å². The highest BCUT2D eigenvalue weighted by atomic mass is 32.1. The van der Waals surface area contributed by atoms with Crippen LogP contribution in [-0.4, -0.2) is 21.0 Å². The molecule has 25 heavy (non-hydrogen) atoms. The molecule has 0 radical (unpaired) electrons. The molecule has 3 aromatic heterocycles. The van der Waals surface area contributed by atoms with Crippen molar-refractivity contribution < 1.29 is 9.32 Å². The summed E-state index contributed by atoms with van der Waals surface area (Å²) in [4.78, 5) is 21.5. The van der Waals surface area contributed by atoms with E-state index in [0.29, 0.717) is 23.0 Å². The summed E-state index contributed by atoms with van der Waals surface area (Å²) in [5.41, 5.74) is 7.06. The average molecular weight is 355 g/mol. The number of amides is 1. The normalized spacial score (nSPS) is 16.0. The first-order chi connectivity index (χ1) is 12.2. The predicted molar refractivity (Wildman–Crippen MR) is 94.1 cm³/mol. The molecule has 0 saturated heterocycles. The van der Waals surface area contributed by atoms with E-state index in [1.807, 2.05) is 11.4 Å². The van der Waals surface area contributed by atoms with E-state index in [-0.39, 0.29) is 5.91 Å². The Hall–Kier alpha value is -2.58. The smallest absolute Gasteiger partial charge is 0.270 e. The van der Waals surface area contributed by atoms with Crippen molar-refractivity contribution in [1.29, 1.82) is 0 Å². The molecule has 3 heterocycles. The van der Waals surface area contributed by atoms with Gasteiger partial charge in [-0.05, 0) is 36.4 Å². The molecular formula is C17H17N5O2S. The Morgan fingerprint density at radius 3 is 2.76 bits per heavy atom. The molecule has 0 aliphatic heterocycles.